The maximum Gasteiger partial charge on any atom is 0.126 e. The summed E-state index contributed by atoms with van der Waals surface area (Å²) in [5.41, 5.74) is 2.36. The highest BCUT2D eigenvalue weighted by molar-refractivity contribution is 6.99. The van der Waals surface area contributed by atoms with Gasteiger partial charge in [-0.25, -0.2) is 4.39 Å². The van der Waals surface area contributed by atoms with Gasteiger partial charge in [0.25, 0.3) is 0 Å². The zero-order valence-electron chi connectivity index (χ0n) is 9.77. The highest BCUT2D eigenvalue weighted by Crippen LogP contribution is 2.22. The van der Waals surface area contributed by atoms with Crippen LogP contribution >= 0.6 is 11.7 Å². The first-order valence-corrected chi connectivity index (χ1v) is 6.22. The van der Waals surface area contributed by atoms with Gasteiger partial charge < -0.3 is 5.32 Å². The first-order chi connectivity index (χ1) is 8.22. The van der Waals surface area contributed by atoms with Gasteiger partial charge in [0, 0.05) is 0 Å². The zero-order valence-corrected chi connectivity index (χ0v) is 10.6. The van der Waals surface area contributed by atoms with Crippen molar-refractivity contribution in [3.8, 4) is 0 Å². The quantitative estimate of drug-likeness (QED) is 0.908. The minimum atomic E-state index is -0.186. The number of rotatable bonds is 4. The molecule has 0 aliphatic rings. The summed E-state index contributed by atoms with van der Waals surface area (Å²) in [5, 5.41) is 3.29. The normalized spacial score (nSPS) is 12.6. The zero-order chi connectivity index (χ0) is 12.3. The van der Waals surface area contributed by atoms with Crippen LogP contribution in [0.3, 0.4) is 0 Å². The molecule has 0 amide bonds. The molecular weight excluding hydrogens is 237 g/mol. The smallest absolute Gasteiger partial charge is 0.126 e. The predicted molar refractivity (Wildman–Crippen MR) is 66.6 cm³/mol. The third-order valence-electron chi connectivity index (χ3n) is 2.61. The van der Waals surface area contributed by atoms with E-state index in [0.29, 0.717) is 5.56 Å². The Morgan fingerprint density at radius 1 is 1.47 bits per heavy atom. The summed E-state index contributed by atoms with van der Waals surface area (Å²) in [6, 6.07) is 5.18. The molecule has 17 heavy (non-hydrogen) atoms. The third kappa shape index (κ3) is 2.68. The molecule has 0 fully saturated rings. The highest BCUT2D eigenvalue weighted by Gasteiger charge is 2.16. The highest BCUT2D eigenvalue weighted by atomic mass is 32.1. The topological polar surface area (TPSA) is 37.8 Å². The van der Waals surface area contributed by atoms with Gasteiger partial charge in [0.15, 0.2) is 0 Å². The fraction of sp³-hybridized carbons (Fsp3) is 0.333. The van der Waals surface area contributed by atoms with E-state index >= 15 is 0 Å². The van der Waals surface area contributed by atoms with Crippen molar-refractivity contribution in [3.05, 3.63) is 47.0 Å². The molecule has 0 aliphatic carbocycles. The molecule has 0 spiro atoms. The van der Waals surface area contributed by atoms with E-state index in [-0.39, 0.29) is 11.9 Å². The Balaban J connectivity index is 2.35. The molecule has 1 atom stereocenters. The molecule has 1 unspecified atom stereocenters. The number of hydrogen-bond donors (Lipinski definition) is 1. The van der Waals surface area contributed by atoms with Crippen molar-refractivity contribution in [1.29, 1.82) is 0 Å². The Kier molecular flexibility index (Phi) is 3.81. The molecule has 0 bridgehead atoms. The summed E-state index contributed by atoms with van der Waals surface area (Å²) < 4.78 is 21.8. The minimum absolute atomic E-state index is 0.0890. The van der Waals surface area contributed by atoms with Gasteiger partial charge in [-0.1, -0.05) is 19.1 Å². The molecule has 0 radical (unpaired) electrons. The van der Waals surface area contributed by atoms with Crippen LogP contribution in [0, 0.1) is 12.7 Å². The lowest BCUT2D eigenvalue weighted by Crippen LogP contribution is -2.22. The molecule has 5 heteroatoms. The van der Waals surface area contributed by atoms with Crippen molar-refractivity contribution in [2.45, 2.75) is 19.9 Å². The predicted octanol–water partition coefficient (Wildman–Crippen LogP) is 2.68. The first-order valence-electron chi connectivity index (χ1n) is 5.49. The second-order valence-corrected chi connectivity index (χ2v) is 4.39. The monoisotopic (exact) mass is 251 g/mol. The van der Waals surface area contributed by atoms with Crippen LogP contribution in [0.2, 0.25) is 0 Å². The summed E-state index contributed by atoms with van der Waals surface area (Å²) >= 11 is 1.16. The standard InChI is InChI=1S/C12H14FN3S/c1-3-14-12(11-7-15-17-16-11)9-5-4-8(2)10(13)6-9/h4-7,12,14H,3H2,1-2H3. The number of aryl methyl sites for hydroxylation is 1. The van der Waals surface area contributed by atoms with Crippen molar-refractivity contribution in [3.63, 3.8) is 0 Å². The molecule has 1 aromatic carbocycles. The second-order valence-electron chi connectivity index (χ2n) is 3.83. The van der Waals surface area contributed by atoms with Gasteiger partial charge in [0.2, 0.25) is 0 Å². The van der Waals surface area contributed by atoms with Gasteiger partial charge in [-0.3, -0.25) is 0 Å². The summed E-state index contributed by atoms with van der Waals surface area (Å²) in [5.74, 6) is -0.186. The first kappa shape index (κ1) is 12.1. The Morgan fingerprint density at radius 2 is 2.29 bits per heavy atom. The summed E-state index contributed by atoms with van der Waals surface area (Å²) in [6.45, 7) is 4.56. The van der Waals surface area contributed by atoms with E-state index in [4.69, 9.17) is 0 Å². The molecule has 2 rings (SSSR count). The van der Waals surface area contributed by atoms with Crippen molar-refractivity contribution in [2.75, 3.05) is 6.54 Å². The van der Waals surface area contributed by atoms with Crippen LogP contribution in [-0.2, 0) is 0 Å². The fourth-order valence-corrected chi connectivity index (χ4v) is 2.13. The van der Waals surface area contributed by atoms with Gasteiger partial charge in [-0.05, 0) is 30.7 Å². The van der Waals surface area contributed by atoms with E-state index in [1.165, 1.54) is 0 Å². The molecular formula is C12H14FN3S. The largest absolute Gasteiger partial charge is 0.305 e. The van der Waals surface area contributed by atoms with Crippen LogP contribution in [0.4, 0.5) is 4.39 Å². The van der Waals surface area contributed by atoms with Gasteiger partial charge in [0.1, 0.15) is 5.82 Å². The van der Waals surface area contributed by atoms with E-state index in [2.05, 4.69) is 14.1 Å². The van der Waals surface area contributed by atoms with E-state index in [9.17, 15) is 4.39 Å². The van der Waals surface area contributed by atoms with Crippen molar-refractivity contribution in [2.24, 2.45) is 0 Å². The summed E-state index contributed by atoms with van der Waals surface area (Å²) in [6.07, 6.45) is 1.72. The Morgan fingerprint density at radius 3 is 2.88 bits per heavy atom. The average molecular weight is 251 g/mol. The number of aromatic nitrogens is 2. The van der Waals surface area contributed by atoms with Crippen molar-refractivity contribution >= 4 is 11.7 Å². The van der Waals surface area contributed by atoms with Crippen LogP contribution in [-0.4, -0.2) is 15.3 Å². The Labute approximate surface area is 104 Å². The van der Waals surface area contributed by atoms with Crippen LogP contribution in [0.5, 0.6) is 0 Å². The second kappa shape index (κ2) is 5.33. The van der Waals surface area contributed by atoms with Gasteiger partial charge in [-0.2, -0.15) is 8.75 Å². The lowest BCUT2D eigenvalue weighted by Gasteiger charge is -2.16. The summed E-state index contributed by atoms with van der Waals surface area (Å²) in [7, 11) is 0. The molecule has 0 saturated carbocycles. The van der Waals surface area contributed by atoms with E-state index in [1.54, 1.807) is 25.3 Å². The average Bonchev–Trinajstić information content (AvgIpc) is 2.83. The molecule has 0 aliphatic heterocycles. The van der Waals surface area contributed by atoms with Crippen molar-refractivity contribution < 1.29 is 4.39 Å². The number of nitrogens with zero attached hydrogens (tertiary/aromatic N) is 2. The number of nitrogens with one attached hydrogen (secondary N) is 1. The van der Waals surface area contributed by atoms with Crippen molar-refractivity contribution in [1.82, 2.24) is 14.1 Å². The van der Waals surface area contributed by atoms with Gasteiger partial charge >= 0.3 is 0 Å². The lowest BCUT2D eigenvalue weighted by atomic mass is 10.0. The van der Waals surface area contributed by atoms with E-state index < -0.39 is 0 Å². The van der Waals surface area contributed by atoms with Crippen LogP contribution in [0.15, 0.2) is 24.4 Å². The van der Waals surface area contributed by atoms with Crippen LogP contribution in [0.1, 0.15) is 29.8 Å². The molecule has 1 N–H and O–H groups in total. The van der Waals surface area contributed by atoms with E-state index in [1.807, 2.05) is 13.0 Å². The lowest BCUT2D eigenvalue weighted by molar-refractivity contribution is 0.593. The number of hydrogen-bond acceptors (Lipinski definition) is 4. The number of benzene rings is 1. The molecule has 0 saturated heterocycles. The molecule has 1 heterocycles. The summed E-state index contributed by atoms with van der Waals surface area (Å²) in [4.78, 5) is 0. The fourth-order valence-electron chi connectivity index (χ4n) is 1.69. The van der Waals surface area contributed by atoms with Gasteiger partial charge in [0.05, 0.1) is 29.7 Å². The maximum atomic E-state index is 13.6. The van der Waals surface area contributed by atoms with E-state index in [0.717, 1.165) is 29.5 Å². The molecule has 3 nitrogen and oxygen atoms in total. The van der Waals surface area contributed by atoms with Crippen LogP contribution in [0.25, 0.3) is 0 Å². The molecule has 90 valence electrons. The number of halogens is 1. The third-order valence-corrected chi connectivity index (χ3v) is 3.10. The Bertz CT molecular complexity index is 485. The minimum Gasteiger partial charge on any atom is -0.305 e. The maximum absolute atomic E-state index is 13.6. The molecule has 1 aromatic heterocycles. The molecule has 2 aromatic rings. The van der Waals surface area contributed by atoms with Gasteiger partial charge in [-0.15, -0.1) is 0 Å². The Hall–Kier alpha value is -1.33. The van der Waals surface area contributed by atoms with Crippen LogP contribution < -0.4 is 5.32 Å². The SMILES string of the molecule is CCNC(c1ccc(C)c(F)c1)c1cnsn1.